The van der Waals surface area contributed by atoms with Crippen molar-refractivity contribution in [2.45, 2.75) is 45.1 Å². The van der Waals surface area contributed by atoms with E-state index in [1.807, 2.05) is 23.7 Å². The van der Waals surface area contributed by atoms with Gasteiger partial charge in [0.25, 0.3) is 11.8 Å². The largest absolute Gasteiger partial charge is 0.459 e. The number of hydrogen-bond donors (Lipinski definition) is 2. The summed E-state index contributed by atoms with van der Waals surface area (Å²) in [5, 5.41) is 10.2. The van der Waals surface area contributed by atoms with Gasteiger partial charge in [0.05, 0.1) is 18.5 Å². The second kappa shape index (κ2) is 8.34. The van der Waals surface area contributed by atoms with Crippen LogP contribution < -0.4 is 10.6 Å². The first kappa shape index (κ1) is 19.0. The third-order valence-electron chi connectivity index (χ3n) is 5.33. The van der Waals surface area contributed by atoms with Crippen molar-refractivity contribution in [3.05, 3.63) is 65.7 Å². The Labute approximate surface area is 169 Å². The Kier molecular flexibility index (Phi) is 5.46. The van der Waals surface area contributed by atoms with Gasteiger partial charge in [-0.2, -0.15) is 5.10 Å². The van der Waals surface area contributed by atoms with Crippen LogP contribution in [0.25, 0.3) is 0 Å². The SMILES string of the molecule is Cc1ccc(C(=O)Nc2ccnn2C2CCCCC2)cc1NC(=O)c1ccco1. The Balaban J connectivity index is 1.50. The Hall–Kier alpha value is -3.35. The van der Waals surface area contributed by atoms with Gasteiger partial charge in [-0.25, -0.2) is 4.68 Å². The fourth-order valence-corrected chi connectivity index (χ4v) is 3.71. The molecule has 2 amide bonds. The maximum absolute atomic E-state index is 12.8. The van der Waals surface area contributed by atoms with E-state index in [9.17, 15) is 9.59 Å². The van der Waals surface area contributed by atoms with Crippen LogP contribution in [-0.4, -0.2) is 21.6 Å². The van der Waals surface area contributed by atoms with E-state index >= 15 is 0 Å². The van der Waals surface area contributed by atoms with Crippen molar-refractivity contribution in [2.75, 3.05) is 10.6 Å². The molecule has 0 aliphatic heterocycles. The fourth-order valence-electron chi connectivity index (χ4n) is 3.71. The van der Waals surface area contributed by atoms with Crippen LogP contribution in [0, 0.1) is 6.92 Å². The van der Waals surface area contributed by atoms with Gasteiger partial charge in [-0.15, -0.1) is 0 Å². The third-order valence-corrected chi connectivity index (χ3v) is 5.33. The van der Waals surface area contributed by atoms with E-state index in [2.05, 4.69) is 15.7 Å². The molecule has 1 fully saturated rings. The minimum absolute atomic E-state index is 0.218. The van der Waals surface area contributed by atoms with Crippen LogP contribution in [0.1, 0.15) is 64.6 Å². The predicted molar refractivity (Wildman–Crippen MR) is 110 cm³/mol. The third kappa shape index (κ3) is 4.23. The predicted octanol–water partition coefficient (Wildman–Crippen LogP) is 4.79. The van der Waals surface area contributed by atoms with Crippen LogP contribution in [0.5, 0.6) is 0 Å². The normalized spacial score (nSPS) is 14.5. The Bertz CT molecular complexity index is 1000. The summed E-state index contributed by atoms with van der Waals surface area (Å²) < 4.78 is 7.05. The Morgan fingerprint density at radius 2 is 1.90 bits per heavy atom. The van der Waals surface area contributed by atoms with Crippen molar-refractivity contribution >= 4 is 23.3 Å². The first-order valence-corrected chi connectivity index (χ1v) is 9.92. The van der Waals surface area contributed by atoms with Crippen molar-refractivity contribution in [1.82, 2.24) is 9.78 Å². The highest BCUT2D eigenvalue weighted by Gasteiger charge is 2.20. The van der Waals surface area contributed by atoms with Crippen molar-refractivity contribution in [3.63, 3.8) is 0 Å². The molecular weight excluding hydrogens is 368 g/mol. The molecular formula is C22H24N4O3. The van der Waals surface area contributed by atoms with E-state index < -0.39 is 0 Å². The number of nitrogens with zero attached hydrogens (tertiary/aromatic N) is 2. The van der Waals surface area contributed by atoms with Crippen LogP contribution in [-0.2, 0) is 0 Å². The number of nitrogens with one attached hydrogen (secondary N) is 2. The summed E-state index contributed by atoms with van der Waals surface area (Å²) in [5.41, 5.74) is 1.88. The average Bonchev–Trinajstić information content (AvgIpc) is 3.42. The van der Waals surface area contributed by atoms with E-state index in [0.717, 1.165) is 18.4 Å². The van der Waals surface area contributed by atoms with Crippen LogP contribution >= 0.6 is 0 Å². The molecule has 1 saturated carbocycles. The number of hydrogen-bond acceptors (Lipinski definition) is 4. The van der Waals surface area contributed by atoms with Crippen LogP contribution in [0.15, 0.2) is 53.3 Å². The highest BCUT2D eigenvalue weighted by atomic mass is 16.3. The molecule has 0 atom stereocenters. The summed E-state index contributed by atoms with van der Waals surface area (Å²) in [6.45, 7) is 1.87. The van der Waals surface area contributed by atoms with Gasteiger partial charge in [0, 0.05) is 17.3 Å². The van der Waals surface area contributed by atoms with E-state index in [0.29, 0.717) is 23.1 Å². The van der Waals surface area contributed by atoms with Crippen molar-refractivity contribution in [3.8, 4) is 0 Å². The van der Waals surface area contributed by atoms with Gasteiger partial charge in [0.2, 0.25) is 0 Å². The van der Waals surface area contributed by atoms with E-state index in [1.165, 1.54) is 25.5 Å². The van der Waals surface area contributed by atoms with Gasteiger partial charge in [0.15, 0.2) is 5.76 Å². The van der Waals surface area contributed by atoms with E-state index in [-0.39, 0.29) is 17.6 Å². The number of anilines is 2. The molecule has 2 heterocycles. The molecule has 4 rings (SSSR count). The van der Waals surface area contributed by atoms with Gasteiger partial charge in [0.1, 0.15) is 5.82 Å². The molecule has 0 radical (unpaired) electrons. The zero-order valence-electron chi connectivity index (χ0n) is 16.4. The highest BCUT2D eigenvalue weighted by Crippen LogP contribution is 2.30. The van der Waals surface area contributed by atoms with E-state index in [1.54, 1.807) is 30.5 Å². The minimum atomic E-state index is -0.356. The van der Waals surface area contributed by atoms with Gasteiger partial charge in [-0.05, 0) is 49.6 Å². The second-order valence-corrected chi connectivity index (χ2v) is 7.37. The summed E-state index contributed by atoms with van der Waals surface area (Å²) in [6, 6.07) is 10.6. The summed E-state index contributed by atoms with van der Waals surface area (Å²) in [5.74, 6) is 0.321. The molecule has 0 spiro atoms. The maximum atomic E-state index is 12.8. The minimum Gasteiger partial charge on any atom is -0.459 e. The monoisotopic (exact) mass is 392 g/mol. The first-order valence-electron chi connectivity index (χ1n) is 9.92. The summed E-state index contributed by atoms with van der Waals surface area (Å²) in [4.78, 5) is 25.1. The Morgan fingerprint density at radius 1 is 1.07 bits per heavy atom. The molecule has 0 saturated heterocycles. The zero-order chi connectivity index (χ0) is 20.2. The molecule has 1 aliphatic carbocycles. The molecule has 0 bridgehead atoms. The molecule has 29 heavy (non-hydrogen) atoms. The lowest BCUT2D eigenvalue weighted by Crippen LogP contribution is -2.20. The smallest absolute Gasteiger partial charge is 0.291 e. The lowest BCUT2D eigenvalue weighted by Gasteiger charge is -2.24. The van der Waals surface area contributed by atoms with Crippen LogP contribution in [0.2, 0.25) is 0 Å². The number of benzene rings is 1. The number of amides is 2. The first-order chi connectivity index (χ1) is 14.1. The summed E-state index contributed by atoms with van der Waals surface area (Å²) >= 11 is 0. The van der Waals surface area contributed by atoms with Gasteiger partial charge in [-0.3, -0.25) is 9.59 Å². The number of aryl methyl sites for hydroxylation is 1. The van der Waals surface area contributed by atoms with Gasteiger partial charge in [-0.1, -0.05) is 25.3 Å². The quantitative estimate of drug-likeness (QED) is 0.653. The molecule has 1 aliphatic rings. The molecule has 0 unspecified atom stereocenters. The zero-order valence-corrected chi connectivity index (χ0v) is 16.4. The molecule has 7 heteroatoms. The summed E-state index contributed by atoms with van der Waals surface area (Å²) in [6.07, 6.45) is 8.96. The fraction of sp³-hybridized carbons (Fsp3) is 0.318. The molecule has 150 valence electrons. The highest BCUT2D eigenvalue weighted by molar-refractivity contribution is 6.06. The van der Waals surface area contributed by atoms with Crippen LogP contribution in [0.4, 0.5) is 11.5 Å². The molecule has 3 aromatic rings. The lowest BCUT2D eigenvalue weighted by molar-refractivity contribution is 0.0993. The molecule has 7 nitrogen and oxygen atoms in total. The van der Waals surface area contributed by atoms with Crippen molar-refractivity contribution < 1.29 is 14.0 Å². The van der Waals surface area contributed by atoms with Gasteiger partial charge >= 0.3 is 0 Å². The maximum Gasteiger partial charge on any atom is 0.291 e. The van der Waals surface area contributed by atoms with Crippen molar-refractivity contribution in [1.29, 1.82) is 0 Å². The number of rotatable bonds is 5. The molecule has 2 N–H and O–H groups in total. The number of furan rings is 1. The summed E-state index contributed by atoms with van der Waals surface area (Å²) in [7, 11) is 0. The average molecular weight is 392 g/mol. The van der Waals surface area contributed by atoms with E-state index in [4.69, 9.17) is 4.42 Å². The van der Waals surface area contributed by atoms with Gasteiger partial charge < -0.3 is 15.1 Å². The van der Waals surface area contributed by atoms with Crippen LogP contribution in [0.3, 0.4) is 0 Å². The lowest BCUT2D eigenvalue weighted by atomic mass is 9.96. The number of aromatic nitrogens is 2. The second-order valence-electron chi connectivity index (χ2n) is 7.37. The standard InChI is InChI=1S/C22H24N4O3/c1-15-9-10-16(14-18(15)24-22(28)19-8-5-13-29-19)21(27)25-20-11-12-23-26(20)17-6-3-2-4-7-17/h5,8-14,17H,2-4,6-7H2,1H3,(H,24,28)(H,25,27). The van der Waals surface area contributed by atoms with Crippen molar-refractivity contribution in [2.24, 2.45) is 0 Å². The Morgan fingerprint density at radius 3 is 2.66 bits per heavy atom. The molecule has 1 aromatic carbocycles. The molecule has 2 aromatic heterocycles. The topological polar surface area (TPSA) is 89.2 Å². The number of carbonyl (C=O) groups is 2. The number of carbonyl (C=O) groups excluding carboxylic acids is 2.